The molecule has 0 radical (unpaired) electrons. The molecule has 2 aromatic rings. The Balaban J connectivity index is 1.70. The number of fused-ring (bicyclic) bond motifs is 3. The molecule has 0 aromatic heterocycles. The van der Waals surface area contributed by atoms with Gasteiger partial charge in [-0.2, -0.15) is 0 Å². The van der Waals surface area contributed by atoms with E-state index in [1.807, 2.05) is 0 Å². The summed E-state index contributed by atoms with van der Waals surface area (Å²) in [6.07, 6.45) is -0.0363. The van der Waals surface area contributed by atoms with Gasteiger partial charge in [0.1, 0.15) is 22.8 Å². The first-order chi connectivity index (χ1) is 16.1. The maximum atomic E-state index is 13.5. The van der Waals surface area contributed by atoms with Crippen LogP contribution in [0.15, 0.2) is 53.3 Å². The zero-order valence-electron chi connectivity index (χ0n) is 17.7. The third-order valence-corrected chi connectivity index (χ3v) is 7.35. The Labute approximate surface area is 198 Å². The minimum Gasteiger partial charge on any atom is -0.508 e. The van der Waals surface area contributed by atoms with Crippen LogP contribution in [0.2, 0.25) is 5.02 Å². The second-order valence-corrected chi connectivity index (χ2v) is 9.34. The number of phenolic OH excluding ortho intramolecular Hbond substituents is 1. The van der Waals surface area contributed by atoms with E-state index >= 15 is 0 Å². The number of nitrogens with two attached hydrogens (primary N) is 1. The average molecular weight is 482 g/mol. The second-order valence-electron chi connectivity index (χ2n) is 8.90. The first-order valence-corrected chi connectivity index (χ1v) is 11.0. The fourth-order valence-electron chi connectivity index (χ4n) is 5.52. The number of hydrogen-bond donors (Lipinski definition) is 5. The summed E-state index contributed by atoms with van der Waals surface area (Å²) < 4.78 is 0. The Bertz CT molecular complexity index is 1360. The van der Waals surface area contributed by atoms with E-state index in [1.54, 1.807) is 30.3 Å². The number of hydrogen-bond acceptors (Lipinski definition) is 7. The molecule has 0 unspecified atom stereocenters. The van der Waals surface area contributed by atoms with Crippen molar-refractivity contribution in [2.45, 2.75) is 24.9 Å². The van der Waals surface area contributed by atoms with Gasteiger partial charge in [0.05, 0.1) is 5.56 Å². The van der Waals surface area contributed by atoms with Gasteiger partial charge < -0.3 is 26.2 Å². The third-order valence-electron chi connectivity index (χ3n) is 7.10. The van der Waals surface area contributed by atoms with Crippen molar-refractivity contribution in [1.82, 2.24) is 0 Å². The third kappa shape index (κ3) is 2.92. The Morgan fingerprint density at radius 2 is 1.71 bits per heavy atom. The van der Waals surface area contributed by atoms with E-state index < -0.39 is 52.0 Å². The van der Waals surface area contributed by atoms with Crippen LogP contribution in [0.1, 0.15) is 24.0 Å². The van der Waals surface area contributed by atoms with Gasteiger partial charge in [0, 0.05) is 22.9 Å². The van der Waals surface area contributed by atoms with E-state index in [9.17, 15) is 34.8 Å². The molecule has 1 amide bonds. The molecule has 2 aromatic carbocycles. The lowest BCUT2D eigenvalue weighted by Gasteiger charge is -2.46. The van der Waals surface area contributed by atoms with E-state index in [0.29, 0.717) is 10.6 Å². The fraction of sp³-hybridized carbons (Fsp3) is 0.240. The van der Waals surface area contributed by atoms with E-state index in [2.05, 4.69) is 0 Å². The monoisotopic (exact) mass is 481 g/mol. The van der Waals surface area contributed by atoms with Crippen LogP contribution in [0.25, 0.3) is 16.9 Å². The minimum atomic E-state index is -2.57. The van der Waals surface area contributed by atoms with Gasteiger partial charge in [-0.1, -0.05) is 29.8 Å². The number of aliphatic hydroxyl groups is 3. The van der Waals surface area contributed by atoms with Crippen LogP contribution in [-0.4, -0.2) is 43.5 Å². The smallest absolute Gasteiger partial charge is 0.255 e. The summed E-state index contributed by atoms with van der Waals surface area (Å²) in [6, 6.07) is 10.1. The summed E-state index contributed by atoms with van der Waals surface area (Å²) in [5, 5.41) is 44.1. The number of aliphatic hydroxyl groups excluding tert-OH is 2. The largest absolute Gasteiger partial charge is 0.508 e. The van der Waals surface area contributed by atoms with Crippen LogP contribution in [0.5, 0.6) is 5.75 Å². The van der Waals surface area contributed by atoms with E-state index in [4.69, 9.17) is 17.3 Å². The summed E-state index contributed by atoms with van der Waals surface area (Å²) in [7, 11) is 0. The Hall–Kier alpha value is -3.62. The second kappa shape index (κ2) is 7.44. The van der Waals surface area contributed by atoms with Crippen molar-refractivity contribution in [3.8, 4) is 16.9 Å². The normalized spacial score (nSPS) is 26.2. The van der Waals surface area contributed by atoms with Gasteiger partial charge in [-0.15, -0.1) is 0 Å². The molecule has 3 aliphatic carbocycles. The number of benzene rings is 2. The quantitative estimate of drug-likeness (QED) is 0.412. The fourth-order valence-corrected chi connectivity index (χ4v) is 5.65. The molecule has 0 bridgehead atoms. The lowest BCUT2D eigenvalue weighted by molar-refractivity contribution is -0.147. The molecule has 0 aliphatic heterocycles. The zero-order chi connectivity index (χ0) is 24.5. The number of carbonyl (C=O) groups excluding carboxylic acids is 3. The number of carbonyl (C=O) groups is 3. The molecule has 0 saturated heterocycles. The van der Waals surface area contributed by atoms with Gasteiger partial charge in [-0.25, -0.2) is 0 Å². The van der Waals surface area contributed by atoms with Crippen LogP contribution < -0.4 is 5.73 Å². The highest BCUT2D eigenvalue weighted by Gasteiger charge is 2.60. The molecule has 8 nitrogen and oxygen atoms in total. The van der Waals surface area contributed by atoms with Crippen LogP contribution in [0.3, 0.4) is 0 Å². The summed E-state index contributed by atoms with van der Waals surface area (Å²) in [5.74, 6) is -6.46. The molecule has 3 atom stereocenters. The maximum Gasteiger partial charge on any atom is 0.255 e. The standard InChI is InChI=1S/C25H20ClNO7/c26-13-3-1-10(2-4-13)14-5-6-16(28)19-15(14)8-11-7-12-9-17(29)20(24(27)33)23(32)25(12,34)22(31)18(11)21(19)30/h1-6,11-12,28,30,32,34H,7-9H2,(H2,27,33)/t11-,12+,25+/m1/s1. The van der Waals surface area contributed by atoms with Crippen molar-refractivity contribution in [1.29, 1.82) is 0 Å². The molecule has 1 fully saturated rings. The van der Waals surface area contributed by atoms with E-state index in [1.165, 1.54) is 6.07 Å². The van der Waals surface area contributed by atoms with Crippen molar-refractivity contribution in [2.24, 2.45) is 17.6 Å². The molecule has 0 spiro atoms. The van der Waals surface area contributed by atoms with Gasteiger partial charge in [0.25, 0.3) is 5.91 Å². The van der Waals surface area contributed by atoms with Crippen molar-refractivity contribution in [2.75, 3.05) is 0 Å². The lowest BCUT2D eigenvalue weighted by Crippen LogP contribution is -2.58. The maximum absolute atomic E-state index is 13.5. The van der Waals surface area contributed by atoms with Crippen LogP contribution in [0.4, 0.5) is 0 Å². The summed E-state index contributed by atoms with van der Waals surface area (Å²) in [4.78, 5) is 37.6. The van der Waals surface area contributed by atoms with Crippen molar-refractivity contribution >= 4 is 34.8 Å². The first-order valence-electron chi connectivity index (χ1n) is 10.6. The van der Waals surface area contributed by atoms with E-state index in [0.717, 1.165) is 11.1 Å². The highest BCUT2D eigenvalue weighted by Crippen LogP contribution is 2.53. The first kappa shape index (κ1) is 22.2. The number of primary amides is 1. The molecule has 5 rings (SSSR count). The molecular weight excluding hydrogens is 462 g/mol. The van der Waals surface area contributed by atoms with Gasteiger partial charge in [0.15, 0.2) is 11.4 Å². The van der Waals surface area contributed by atoms with Crippen molar-refractivity contribution in [3.05, 3.63) is 69.5 Å². The van der Waals surface area contributed by atoms with Gasteiger partial charge in [0.2, 0.25) is 5.78 Å². The Morgan fingerprint density at radius 1 is 1.03 bits per heavy atom. The average Bonchev–Trinajstić information content (AvgIpc) is 2.77. The Kier molecular flexibility index (Phi) is 4.86. The van der Waals surface area contributed by atoms with Crippen LogP contribution >= 0.6 is 11.6 Å². The number of halogens is 1. The molecule has 6 N–H and O–H groups in total. The number of aromatic hydroxyl groups is 1. The SMILES string of the molecule is NC(=O)C1=C(O)[C@@]2(O)C(=O)C3=C(O)c4c(O)ccc(-c5ccc(Cl)cc5)c4C[C@H]3C[C@H]2CC1=O. The predicted molar refractivity (Wildman–Crippen MR) is 122 cm³/mol. The van der Waals surface area contributed by atoms with Crippen molar-refractivity contribution < 1.29 is 34.8 Å². The molecule has 3 aliphatic rings. The number of ketones is 2. The van der Waals surface area contributed by atoms with Crippen molar-refractivity contribution in [3.63, 3.8) is 0 Å². The molecule has 1 saturated carbocycles. The number of amides is 1. The van der Waals surface area contributed by atoms with Gasteiger partial charge >= 0.3 is 0 Å². The molecule has 9 heteroatoms. The summed E-state index contributed by atoms with van der Waals surface area (Å²) >= 11 is 6.00. The minimum absolute atomic E-state index is 0.0552. The van der Waals surface area contributed by atoms with Crippen LogP contribution in [0, 0.1) is 11.8 Å². The van der Waals surface area contributed by atoms with Crippen LogP contribution in [-0.2, 0) is 20.8 Å². The molecule has 0 heterocycles. The zero-order valence-corrected chi connectivity index (χ0v) is 18.5. The number of Topliss-reactive ketones (excluding diaryl/α,β-unsaturated/α-hetero) is 2. The van der Waals surface area contributed by atoms with E-state index in [-0.39, 0.29) is 36.1 Å². The Morgan fingerprint density at radius 3 is 2.35 bits per heavy atom. The van der Waals surface area contributed by atoms with Gasteiger partial charge in [-0.3, -0.25) is 14.4 Å². The lowest BCUT2D eigenvalue weighted by atomic mass is 9.59. The predicted octanol–water partition coefficient (Wildman–Crippen LogP) is 2.74. The summed E-state index contributed by atoms with van der Waals surface area (Å²) in [6.45, 7) is 0. The molecule has 174 valence electrons. The molecular formula is C25H20ClNO7. The summed E-state index contributed by atoms with van der Waals surface area (Å²) in [5.41, 5.74) is 3.82. The highest BCUT2D eigenvalue weighted by atomic mass is 35.5. The topological polar surface area (TPSA) is 158 Å². The number of rotatable bonds is 2. The highest BCUT2D eigenvalue weighted by molar-refractivity contribution is 6.30. The van der Waals surface area contributed by atoms with Gasteiger partial charge in [-0.05, 0) is 53.6 Å². The number of phenols is 1. The molecule has 34 heavy (non-hydrogen) atoms.